The Labute approximate surface area is 75.0 Å². The van der Waals surface area contributed by atoms with Crippen LogP contribution in [0.2, 0.25) is 0 Å². The number of allylic oxidation sites excluding steroid dienone is 4. The van der Waals surface area contributed by atoms with Crippen LogP contribution in [-0.2, 0) is 19.5 Å². The maximum absolute atomic E-state index is 2.99. The van der Waals surface area contributed by atoms with Gasteiger partial charge in [-0.05, 0) is 0 Å². The van der Waals surface area contributed by atoms with Crippen molar-refractivity contribution in [2.75, 3.05) is 0 Å². The van der Waals surface area contributed by atoms with Crippen molar-refractivity contribution in [3.8, 4) is 0 Å². The van der Waals surface area contributed by atoms with E-state index in [0.717, 1.165) is 6.42 Å². The van der Waals surface area contributed by atoms with E-state index in [0.29, 0.717) is 0 Å². The third-order valence-electron chi connectivity index (χ3n) is 0.586. The summed E-state index contributed by atoms with van der Waals surface area (Å²) < 4.78 is 0. The van der Waals surface area contributed by atoms with Crippen LogP contribution >= 0.6 is 0 Å². The fourth-order valence-corrected chi connectivity index (χ4v) is 0.340. The van der Waals surface area contributed by atoms with E-state index < -0.39 is 0 Å². The van der Waals surface area contributed by atoms with Crippen LogP contribution in [0.1, 0.15) is 6.42 Å². The van der Waals surface area contributed by atoms with Crippen molar-refractivity contribution in [1.82, 2.24) is 0 Å². The quantitative estimate of drug-likeness (QED) is 0.293. The summed E-state index contributed by atoms with van der Waals surface area (Å²) in [6.07, 6.45) is 10.0. The van der Waals surface area contributed by atoms with Gasteiger partial charge in [0.2, 0.25) is 0 Å². The minimum absolute atomic E-state index is 0. The summed E-state index contributed by atoms with van der Waals surface area (Å²) in [5.74, 6) is 0. The monoisotopic (exact) mass is 237 g/mol. The predicted octanol–water partition coefficient (Wildman–Crippen LogP) is -4.69. The molecule has 0 saturated heterocycles. The second-order valence-corrected chi connectivity index (χ2v) is 1.00. The third-order valence-corrected chi connectivity index (χ3v) is 0.586. The average Bonchev–Trinajstić information content (AvgIpc) is 1.76. The molecule has 8 heavy (non-hydrogen) atoms. The molecule has 47 valence electrons. The van der Waals surface area contributed by atoms with Gasteiger partial charge in [-0.25, -0.2) is 12.2 Å². The van der Waals surface area contributed by atoms with Crippen LogP contribution in [0.4, 0.5) is 0 Å². The van der Waals surface area contributed by atoms with Crippen molar-refractivity contribution in [3.05, 3.63) is 24.3 Å². The van der Waals surface area contributed by atoms with Gasteiger partial charge in [0.15, 0.2) is 0 Å². The molecule has 0 saturated carbocycles. The molecule has 1 rings (SSSR count). The summed E-state index contributed by atoms with van der Waals surface area (Å²) in [4.78, 5) is 0. The van der Waals surface area contributed by atoms with Crippen molar-refractivity contribution in [2.45, 2.75) is 6.42 Å². The first-order valence-corrected chi connectivity index (χ1v) is 1.72. The molecule has 0 nitrogen and oxygen atoms in total. The molecule has 0 spiro atoms. The van der Waals surface area contributed by atoms with E-state index in [9.17, 15) is 0 Å². The van der Waals surface area contributed by atoms with Crippen LogP contribution < -0.4 is 24.8 Å². The van der Waals surface area contributed by atoms with E-state index in [1.807, 2.05) is 12.2 Å². The Morgan fingerprint density at radius 1 is 1.25 bits per heavy atom. The number of hydrogen-bond acceptors (Lipinski definition) is 0. The summed E-state index contributed by atoms with van der Waals surface area (Å²) in [5.41, 5.74) is 0. The van der Waals surface area contributed by atoms with E-state index in [-0.39, 0.29) is 44.3 Å². The molecule has 0 aromatic rings. The topological polar surface area (TPSA) is 0 Å². The van der Waals surface area contributed by atoms with Gasteiger partial charge in [-0.1, -0.05) is 0 Å². The van der Waals surface area contributed by atoms with Gasteiger partial charge < -0.3 is 24.8 Å². The molecule has 0 aromatic carbocycles. The van der Waals surface area contributed by atoms with Crippen LogP contribution in [-0.4, -0.2) is 0 Å². The minimum atomic E-state index is 0. The molecular weight excluding hydrogens is 232 g/mol. The average molecular weight is 237 g/mol. The minimum Gasteiger partial charge on any atom is -1.00 e. The van der Waals surface area contributed by atoms with Gasteiger partial charge in [0, 0.05) is 0 Å². The van der Waals surface area contributed by atoms with Gasteiger partial charge in [-0.2, -0.15) is 6.08 Å². The Morgan fingerprint density at radius 2 is 1.88 bits per heavy atom. The molecule has 0 amide bonds. The van der Waals surface area contributed by atoms with E-state index in [4.69, 9.17) is 0 Å². The maximum Gasteiger partial charge on any atom is 3.00 e. The SMILES string of the molecule is [C-]1=CC=CC1.[Cl-].[Cl-].[Ru+3]. The fourth-order valence-electron chi connectivity index (χ4n) is 0.340. The first-order chi connectivity index (χ1) is 2.50. The fraction of sp³-hybridized carbons (Fsp3) is 0.200. The summed E-state index contributed by atoms with van der Waals surface area (Å²) in [6, 6.07) is 0. The Hall–Kier alpha value is 0.683. The van der Waals surface area contributed by atoms with Gasteiger partial charge in [0.1, 0.15) is 0 Å². The zero-order valence-electron chi connectivity index (χ0n) is 4.05. The Bertz CT molecular complexity index is 68.5. The van der Waals surface area contributed by atoms with Crippen molar-refractivity contribution in [3.63, 3.8) is 0 Å². The molecule has 0 N–H and O–H groups in total. The van der Waals surface area contributed by atoms with Crippen molar-refractivity contribution in [2.24, 2.45) is 0 Å². The summed E-state index contributed by atoms with van der Waals surface area (Å²) in [5, 5.41) is 0. The number of hydrogen-bond donors (Lipinski definition) is 0. The van der Waals surface area contributed by atoms with Crippen molar-refractivity contribution >= 4 is 0 Å². The van der Waals surface area contributed by atoms with Gasteiger partial charge in [-0.3, -0.25) is 6.08 Å². The molecule has 1 aliphatic carbocycles. The summed E-state index contributed by atoms with van der Waals surface area (Å²) in [6.45, 7) is 0. The molecule has 0 fully saturated rings. The molecular formula is C5H5Cl2Ru. The zero-order valence-corrected chi connectivity index (χ0v) is 7.30. The Morgan fingerprint density at radius 3 is 2.00 bits per heavy atom. The molecule has 1 radical (unpaired) electrons. The second-order valence-electron chi connectivity index (χ2n) is 1.00. The van der Waals surface area contributed by atoms with E-state index >= 15 is 0 Å². The third kappa shape index (κ3) is 6.68. The zero-order chi connectivity index (χ0) is 3.54. The van der Waals surface area contributed by atoms with E-state index in [2.05, 4.69) is 12.2 Å². The standard InChI is InChI=1S/C5H5.2ClH.Ru/c1-2-4-5-3-1;;;/h1-3H,4H2;2*1H;/q-1;;;+3/p-2. The number of rotatable bonds is 0. The Balaban J connectivity index is -0.0000000833. The largest absolute Gasteiger partial charge is 3.00 e. The molecule has 0 bridgehead atoms. The van der Waals surface area contributed by atoms with Gasteiger partial charge in [0.25, 0.3) is 0 Å². The molecule has 0 atom stereocenters. The molecule has 1 aliphatic rings. The van der Waals surface area contributed by atoms with Gasteiger partial charge in [0.05, 0.1) is 0 Å². The van der Waals surface area contributed by atoms with E-state index in [1.165, 1.54) is 0 Å². The molecule has 0 aliphatic heterocycles. The van der Waals surface area contributed by atoms with Gasteiger partial charge >= 0.3 is 19.5 Å². The maximum atomic E-state index is 2.99. The van der Waals surface area contributed by atoms with Crippen LogP contribution in [0, 0.1) is 6.08 Å². The molecule has 0 unspecified atom stereocenters. The second kappa shape index (κ2) is 10.6. The van der Waals surface area contributed by atoms with Gasteiger partial charge in [-0.15, -0.1) is 6.42 Å². The smallest absolute Gasteiger partial charge is 1.00 e. The van der Waals surface area contributed by atoms with Crippen LogP contribution in [0.3, 0.4) is 0 Å². The molecule has 0 aromatic heterocycles. The van der Waals surface area contributed by atoms with Crippen molar-refractivity contribution < 1.29 is 44.3 Å². The molecule has 0 heterocycles. The van der Waals surface area contributed by atoms with E-state index in [1.54, 1.807) is 0 Å². The number of halogens is 2. The first-order valence-electron chi connectivity index (χ1n) is 1.72. The van der Waals surface area contributed by atoms with Crippen LogP contribution in [0.5, 0.6) is 0 Å². The Kier molecular flexibility index (Phi) is 21.1. The predicted molar refractivity (Wildman–Crippen MR) is 21.6 cm³/mol. The molecule has 3 heteroatoms. The summed E-state index contributed by atoms with van der Waals surface area (Å²) in [7, 11) is 0. The van der Waals surface area contributed by atoms with Crippen LogP contribution in [0.15, 0.2) is 18.2 Å². The summed E-state index contributed by atoms with van der Waals surface area (Å²) >= 11 is 0. The van der Waals surface area contributed by atoms with Crippen LogP contribution in [0.25, 0.3) is 0 Å². The normalized spacial score (nSPS) is 11.0. The first kappa shape index (κ1) is 15.9. The van der Waals surface area contributed by atoms with Crippen molar-refractivity contribution in [1.29, 1.82) is 0 Å².